The standard InChI is InChI=1S/C31H36ClF3N4O3/c1-5-6-24(36-22(3)37-13-15-38(16-14-37)23(4)40)19-41-27-9-7-25(8-10-27)39(20-31(33,34)35)26-17-21(2)30(29(32)18-26)42-28-11-12-28/h5-10,17-18,28H,3,11-16,19-20H2,1-2,4H3/b6-5-,36-24+. The van der Waals surface area contributed by atoms with E-state index in [2.05, 4.69) is 11.6 Å². The minimum atomic E-state index is -4.45. The van der Waals surface area contributed by atoms with Crippen LogP contribution in [0.2, 0.25) is 5.02 Å². The minimum Gasteiger partial charge on any atom is -0.489 e. The number of benzene rings is 2. The highest BCUT2D eigenvalue weighted by molar-refractivity contribution is 6.32. The number of anilines is 2. The van der Waals surface area contributed by atoms with Crippen molar-refractivity contribution in [3.05, 3.63) is 71.5 Å². The Hall–Kier alpha value is -3.66. The van der Waals surface area contributed by atoms with Gasteiger partial charge in [0.2, 0.25) is 5.91 Å². The molecule has 11 heteroatoms. The van der Waals surface area contributed by atoms with E-state index in [1.165, 1.54) is 11.0 Å². The third kappa shape index (κ3) is 8.67. The predicted molar refractivity (Wildman–Crippen MR) is 160 cm³/mol. The van der Waals surface area contributed by atoms with Crippen molar-refractivity contribution in [2.24, 2.45) is 4.99 Å². The van der Waals surface area contributed by atoms with Crippen molar-refractivity contribution in [2.75, 3.05) is 44.2 Å². The number of rotatable bonds is 11. The number of aryl methyl sites for hydroxylation is 1. The van der Waals surface area contributed by atoms with Gasteiger partial charge in [0.15, 0.2) is 0 Å². The molecule has 1 aliphatic heterocycles. The van der Waals surface area contributed by atoms with Gasteiger partial charge in [-0.2, -0.15) is 13.2 Å². The number of piperazine rings is 1. The molecule has 1 saturated heterocycles. The molecule has 0 unspecified atom stereocenters. The maximum absolute atomic E-state index is 13.6. The van der Waals surface area contributed by atoms with Gasteiger partial charge in [-0.05, 0) is 74.7 Å². The van der Waals surface area contributed by atoms with Gasteiger partial charge in [0.1, 0.15) is 30.5 Å². The third-order valence-electron chi connectivity index (χ3n) is 6.93. The first-order valence-corrected chi connectivity index (χ1v) is 14.2. The van der Waals surface area contributed by atoms with Crippen molar-refractivity contribution in [3.8, 4) is 11.5 Å². The van der Waals surface area contributed by atoms with Crippen molar-refractivity contribution in [1.29, 1.82) is 0 Å². The first-order chi connectivity index (χ1) is 19.9. The molecule has 0 radical (unpaired) electrons. The van der Waals surface area contributed by atoms with Crippen LogP contribution in [-0.4, -0.2) is 73.0 Å². The summed E-state index contributed by atoms with van der Waals surface area (Å²) in [5, 5.41) is 0.280. The van der Waals surface area contributed by atoms with Crippen LogP contribution in [0.15, 0.2) is 65.9 Å². The molecule has 0 atom stereocenters. The van der Waals surface area contributed by atoms with Gasteiger partial charge >= 0.3 is 6.18 Å². The smallest absolute Gasteiger partial charge is 0.406 e. The third-order valence-corrected chi connectivity index (χ3v) is 7.21. The number of allylic oxidation sites excluding steroid dienone is 1. The van der Waals surface area contributed by atoms with Gasteiger partial charge in [0, 0.05) is 44.5 Å². The molecule has 0 N–H and O–H groups in total. The molecule has 1 saturated carbocycles. The minimum absolute atomic E-state index is 0.0506. The van der Waals surface area contributed by atoms with Gasteiger partial charge in [0.25, 0.3) is 0 Å². The van der Waals surface area contributed by atoms with Crippen LogP contribution in [0.3, 0.4) is 0 Å². The van der Waals surface area contributed by atoms with E-state index in [-0.39, 0.29) is 23.6 Å². The molecular weight excluding hydrogens is 569 g/mol. The molecule has 7 nitrogen and oxygen atoms in total. The number of carbonyl (C=O) groups is 1. The summed E-state index contributed by atoms with van der Waals surface area (Å²) in [5.41, 5.74) is 1.97. The Labute approximate surface area is 249 Å². The zero-order valence-corrected chi connectivity index (χ0v) is 24.8. The van der Waals surface area contributed by atoms with Crippen molar-refractivity contribution in [1.82, 2.24) is 9.80 Å². The van der Waals surface area contributed by atoms with Gasteiger partial charge in [0.05, 0.1) is 16.8 Å². The van der Waals surface area contributed by atoms with Crippen LogP contribution in [0.1, 0.15) is 32.3 Å². The largest absolute Gasteiger partial charge is 0.489 e. The highest BCUT2D eigenvalue weighted by Crippen LogP contribution is 2.40. The zero-order chi connectivity index (χ0) is 30.4. The van der Waals surface area contributed by atoms with Gasteiger partial charge in [-0.25, -0.2) is 4.99 Å². The maximum Gasteiger partial charge on any atom is 0.406 e. The Balaban J connectivity index is 1.45. The number of halogens is 4. The van der Waals surface area contributed by atoms with E-state index in [9.17, 15) is 18.0 Å². The van der Waals surface area contributed by atoms with Gasteiger partial charge in [-0.15, -0.1) is 0 Å². The topological polar surface area (TPSA) is 57.6 Å². The molecular formula is C31H36ClF3N4O3. The number of amides is 1. The number of hydrogen-bond acceptors (Lipinski definition) is 6. The summed E-state index contributed by atoms with van der Waals surface area (Å²) in [6, 6.07) is 9.58. The molecule has 42 heavy (non-hydrogen) atoms. The summed E-state index contributed by atoms with van der Waals surface area (Å²) in [4.78, 5) is 21.2. The molecule has 1 heterocycles. The van der Waals surface area contributed by atoms with Gasteiger partial charge in [-0.1, -0.05) is 24.3 Å². The van der Waals surface area contributed by atoms with Crippen molar-refractivity contribution in [3.63, 3.8) is 0 Å². The number of carbonyl (C=O) groups excluding carboxylic acids is 1. The van der Waals surface area contributed by atoms with Crippen LogP contribution in [0.4, 0.5) is 24.5 Å². The van der Waals surface area contributed by atoms with Crippen LogP contribution < -0.4 is 14.4 Å². The summed E-state index contributed by atoms with van der Waals surface area (Å²) in [5.74, 6) is 1.62. The van der Waals surface area contributed by atoms with E-state index >= 15 is 0 Å². The van der Waals surface area contributed by atoms with Crippen LogP contribution >= 0.6 is 11.6 Å². The number of aliphatic imine (C=N–C) groups is 1. The Morgan fingerprint density at radius 3 is 2.31 bits per heavy atom. The molecule has 2 aromatic rings. The van der Waals surface area contributed by atoms with Crippen molar-refractivity contribution < 1.29 is 27.4 Å². The number of alkyl halides is 3. The van der Waals surface area contributed by atoms with E-state index in [1.54, 1.807) is 49.1 Å². The second-order valence-corrected chi connectivity index (χ2v) is 10.8. The molecule has 2 aliphatic rings. The summed E-state index contributed by atoms with van der Waals surface area (Å²) < 4.78 is 52.6. The molecule has 1 aliphatic carbocycles. The lowest BCUT2D eigenvalue weighted by atomic mass is 10.1. The number of nitrogens with zero attached hydrogens (tertiary/aromatic N) is 4. The number of hydrogen-bond donors (Lipinski definition) is 0. The summed E-state index contributed by atoms with van der Waals surface area (Å²) in [7, 11) is 0. The normalized spacial score (nSPS) is 16.1. The molecule has 2 fully saturated rings. The average Bonchev–Trinajstić information content (AvgIpc) is 3.76. The van der Waals surface area contributed by atoms with Crippen LogP contribution in [0, 0.1) is 6.92 Å². The van der Waals surface area contributed by atoms with Gasteiger partial charge in [-0.3, -0.25) is 4.79 Å². The fourth-order valence-corrected chi connectivity index (χ4v) is 4.89. The summed E-state index contributed by atoms with van der Waals surface area (Å²) >= 11 is 6.44. The Morgan fingerprint density at radius 2 is 1.76 bits per heavy atom. The monoisotopic (exact) mass is 604 g/mol. The first-order valence-electron chi connectivity index (χ1n) is 13.9. The second kappa shape index (κ2) is 13.5. The van der Waals surface area contributed by atoms with E-state index in [0.29, 0.717) is 66.1 Å². The maximum atomic E-state index is 13.6. The zero-order valence-electron chi connectivity index (χ0n) is 24.1. The highest BCUT2D eigenvalue weighted by Gasteiger charge is 2.33. The van der Waals surface area contributed by atoms with E-state index in [0.717, 1.165) is 12.8 Å². The molecule has 0 bridgehead atoms. The quantitative estimate of drug-likeness (QED) is 0.261. The first kappa shape index (κ1) is 31.3. The lowest BCUT2D eigenvalue weighted by Gasteiger charge is -2.35. The fraction of sp³-hybridized carbons (Fsp3) is 0.419. The summed E-state index contributed by atoms with van der Waals surface area (Å²) in [6.45, 7) is 10.7. The van der Waals surface area contributed by atoms with Gasteiger partial charge < -0.3 is 24.2 Å². The molecule has 1 amide bonds. The lowest BCUT2D eigenvalue weighted by molar-refractivity contribution is -0.130. The Bertz CT molecular complexity index is 1310. The Kier molecular flexibility index (Phi) is 10.1. The molecule has 0 spiro atoms. The van der Waals surface area contributed by atoms with E-state index < -0.39 is 12.7 Å². The molecule has 226 valence electrons. The van der Waals surface area contributed by atoms with E-state index in [1.807, 2.05) is 24.0 Å². The number of ether oxygens (including phenoxy) is 2. The molecule has 4 rings (SSSR count). The van der Waals surface area contributed by atoms with E-state index in [4.69, 9.17) is 21.1 Å². The van der Waals surface area contributed by atoms with Crippen LogP contribution in [0.5, 0.6) is 11.5 Å². The SMILES string of the molecule is C=C(/N=C(\C=C/C)COc1ccc(N(CC(F)(F)F)c2cc(C)c(OC3CC3)c(Cl)c2)cc1)N1CCN(C(C)=O)CC1. The predicted octanol–water partition coefficient (Wildman–Crippen LogP) is 6.92. The highest BCUT2D eigenvalue weighted by atomic mass is 35.5. The second-order valence-electron chi connectivity index (χ2n) is 10.4. The molecule has 0 aromatic heterocycles. The van der Waals surface area contributed by atoms with Crippen molar-refractivity contribution in [2.45, 2.75) is 45.9 Å². The summed E-state index contributed by atoms with van der Waals surface area (Å²) in [6.07, 6.45) is 1.22. The fourth-order valence-electron chi connectivity index (χ4n) is 4.59. The Morgan fingerprint density at radius 1 is 1.12 bits per heavy atom. The van der Waals surface area contributed by atoms with Crippen LogP contribution in [0.25, 0.3) is 0 Å². The molecule has 2 aromatic carbocycles. The van der Waals surface area contributed by atoms with Crippen molar-refractivity contribution >= 4 is 34.6 Å². The van der Waals surface area contributed by atoms with Crippen LogP contribution in [-0.2, 0) is 4.79 Å². The average molecular weight is 605 g/mol. The lowest BCUT2D eigenvalue weighted by Crippen LogP contribution is -2.47.